The SMILES string of the molecule is O=C(NCc1nc(-c2ccc(Cl)cc2)no1)c1cccs1. The van der Waals surface area contributed by atoms with E-state index in [2.05, 4.69) is 15.5 Å². The molecule has 2 aromatic heterocycles. The maximum atomic E-state index is 11.8. The highest BCUT2D eigenvalue weighted by Crippen LogP contribution is 2.18. The van der Waals surface area contributed by atoms with Crippen LogP contribution in [-0.4, -0.2) is 16.0 Å². The van der Waals surface area contributed by atoms with Crippen LogP contribution in [-0.2, 0) is 6.54 Å². The van der Waals surface area contributed by atoms with Gasteiger partial charge in [-0.3, -0.25) is 4.79 Å². The van der Waals surface area contributed by atoms with Gasteiger partial charge in [0.15, 0.2) is 0 Å². The summed E-state index contributed by atoms with van der Waals surface area (Å²) in [6, 6.07) is 10.7. The molecule has 0 aliphatic heterocycles. The minimum atomic E-state index is -0.156. The van der Waals surface area contributed by atoms with Gasteiger partial charge < -0.3 is 9.84 Å². The summed E-state index contributed by atoms with van der Waals surface area (Å²) in [7, 11) is 0. The number of thiophene rings is 1. The van der Waals surface area contributed by atoms with Crippen LogP contribution in [0.1, 0.15) is 15.6 Å². The normalized spacial score (nSPS) is 10.5. The first-order valence-electron chi connectivity index (χ1n) is 6.12. The molecule has 0 bridgehead atoms. The van der Waals surface area contributed by atoms with E-state index in [0.29, 0.717) is 21.6 Å². The molecule has 0 atom stereocenters. The molecule has 0 spiro atoms. The zero-order chi connectivity index (χ0) is 14.7. The summed E-state index contributed by atoms with van der Waals surface area (Å²) in [5.41, 5.74) is 0.805. The van der Waals surface area contributed by atoms with Crippen LogP contribution >= 0.6 is 22.9 Å². The molecular weight excluding hydrogens is 310 g/mol. The molecule has 7 heteroatoms. The summed E-state index contributed by atoms with van der Waals surface area (Å²) in [5.74, 6) is 0.660. The van der Waals surface area contributed by atoms with Crippen LogP contribution in [0.15, 0.2) is 46.3 Å². The minimum Gasteiger partial charge on any atom is -0.342 e. The molecule has 0 aliphatic carbocycles. The van der Waals surface area contributed by atoms with Crippen LogP contribution in [0.2, 0.25) is 5.02 Å². The third kappa shape index (κ3) is 3.29. The molecule has 3 rings (SSSR count). The highest BCUT2D eigenvalue weighted by atomic mass is 35.5. The number of nitrogens with zero attached hydrogens (tertiary/aromatic N) is 2. The number of aromatic nitrogens is 2. The summed E-state index contributed by atoms with van der Waals surface area (Å²) in [6.45, 7) is 0.192. The molecule has 1 amide bonds. The van der Waals surface area contributed by atoms with Crippen LogP contribution in [0, 0.1) is 0 Å². The average molecular weight is 320 g/mol. The van der Waals surface area contributed by atoms with Gasteiger partial charge in [-0.1, -0.05) is 22.8 Å². The van der Waals surface area contributed by atoms with Gasteiger partial charge in [-0.2, -0.15) is 4.98 Å². The van der Waals surface area contributed by atoms with Crippen molar-refractivity contribution in [1.82, 2.24) is 15.5 Å². The second-order valence-corrected chi connectivity index (χ2v) is 5.56. The number of halogens is 1. The van der Waals surface area contributed by atoms with Crippen molar-refractivity contribution >= 4 is 28.8 Å². The van der Waals surface area contributed by atoms with Crippen LogP contribution < -0.4 is 5.32 Å². The number of amides is 1. The molecule has 106 valence electrons. The van der Waals surface area contributed by atoms with Gasteiger partial charge in [0.05, 0.1) is 11.4 Å². The molecule has 0 saturated heterocycles. The van der Waals surface area contributed by atoms with Crippen LogP contribution in [0.3, 0.4) is 0 Å². The zero-order valence-corrected chi connectivity index (χ0v) is 12.3. The van der Waals surface area contributed by atoms with Crippen molar-refractivity contribution in [3.63, 3.8) is 0 Å². The second kappa shape index (κ2) is 6.07. The van der Waals surface area contributed by atoms with E-state index in [0.717, 1.165) is 5.56 Å². The van der Waals surface area contributed by atoms with E-state index in [4.69, 9.17) is 16.1 Å². The molecule has 0 radical (unpaired) electrons. The zero-order valence-electron chi connectivity index (χ0n) is 10.7. The standard InChI is InChI=1S/C14H10ClN3O2S/c15-10-5-3-9(4-6-10)13-17-12(20-18-13)8-16-14(19)11-2-1-7-21-11/h1-7H,8H2,(H,16,19). The van der Waals surface area contributed by atoms with E-state index in [1.165, 1.54) is 11.3 Å². The molecule has 1 N–H and O–H groups in total. The fourth-order valence-electron chi connectivity index (χ4n) is 1.69. The summed E-state index contributed by atoms with van der Waals surface area (Å²) < 4.78 is 5.11. The van der Waals surface area contributed by atoms with Gasteiger partial charge in [-0.15, -0.1) is 11.3 Å². The Morgan fingerprint density at radius 2 is 2.10 bits per heavy atom. The largest absolute Gasteiger partial charge is 0.342 e. The lowest BCUT2D eigenvalue weighted by atomic mass is 10.2. The van der Waals surface area contributed by atoms with Crippen molar-refractivity contribution in [1.29, 1.82) is 0 Å². The first kappa shape index (κ1) is 13.8. The summed E-state index contributed by atoms with van der Waals surface area (Å²) >= 11 is 7.21. The lowest BCUT2D eigenvalue weighted by Gasteiger charge is -1.98. The van der Waals surface area contributed by atoms with E-state index < -0.39 is 0 Å². The van der Waals surface area contributed by atoms with Crippen molar-refractivity contribution in [2.75, 3.05) is 0 Å². The number of rotatable bonds is 4. The lowest BCUT2D eigenvalue weighted by Crippen LogP contribution is -2.21. The number of benzene rings is 1. The Balaban J connectivity index is 1.65. The maximum Gasteiger partial charge on any atom is 0.261 e. The fourth-order valence-corrected chi connectivity index (χ4v) is 2.46. The summed E-state index contributed by atoms with van der Waals surface area (Å²) in [5, 5.41) is 9.10. The molecule has 2 heterocycles. The Morgan fingerprint density at radius 1 is 1.29 bits per heavy atom. The molecule has 0 fully saturated rings. The van der Waals surface area contributed by atoms with Crippen molar-refractivity contribution in [3.8, 4) is 11.4 Å². The topological polar surface area (TPSA) is 68.0 Å². The van der Waals surface area contributed by atoms with Crippen molar-refractivity contribution < 1.29 is 9.32 Å². The highest BCUT2D eigenvalue weighted by molar-refractivity contribution is 7.12. The number of nitrogens with one attached hydrogen (secondary N) is 1. The van der Waals surface area contributed by atoms with E-state index in [1.54, 1.807) is 30.3 Å². The third-order valence-electron chi connectivity index (χ3n) is 2.72. The number of carbonyl (C=O) groups is 1. The predicted octanol–water partition coefficient (Wildman–Crippen LogP) is 3.38. The van der Waals surface area contributed by atoms with Crippen LogP contribution in [0.25, 0.3) is 11.4 Å². The van der Waals surface area contributed by atoms with E-state index >= 15 is 0 Å². The van der Waals surface area contributed by atoms with E-state index in [9.17, 15) is 4.79 Å². The molecule has 21 heavy (non-hydrogen) atoms. The summed E-state index contributed by atoms with van der Waals surface area (Å²) in [4.78, 5) is 16.7. The van der Waals surface area contributed by atoms with Crippen LogP contribution in [0.4, 0.5) is 0 Å². The fraction of sp³-hybridized carbons (Fsp3) is 0.0714. The molecule has 0 unspecified atom stereocenters. The number of carbonyl (C=O) groups excluding carboxylic acids is 1. The first-order valence-corrected chi connectivity index (χ1v) is 7.38. The first-order chi connectivity index (χ1) is 10.2. The van der Waals surface area contributed by atoms with Gasteiger partial charge in [-0.05, 0) is 35.7 Å². The van der Waals surface area contributed by atoms with Gasteiger partial charge in [0.2, 0.25) is 11.7 Å². The Bertz CT molecular complexity index is 738. The van der Waals surface area contributed by atoms with Crippen molar-refractivity contribution in [2.45, 2.75) is 6.54 Å². The number of hydrogen-bond donors (Lipinski definition) is 1. The van der Waals surface area contributed by atoms with Gasteiger partial charge >= 0.3 is 0 Å². The maximum absolute atomic E-state index is 11.8. The van der Waals surface area contributed by atoms with Gasteiger partial charge in [-0.25, -0.2) is 0 Å². The molecule has 1 aromatic carbocycles. The van der Waals surface area contributed by atoms with Gasteiger partial charge in [0.25, 0.3) is 5.91 Å². The second-order valence-electron chi connectivity index (χ2n) is 4.18. The predicted molar refractivity (Wildman–Crippen MR) is 80.2 cm³/mol. The quantitative estimate of drug-likeness (QED) is 0.800. The smallest absolute Gasteiger partial charge is 0.261 e. The molecule has 5 nitrogen and oxygen atoms in total. The van der Waals surface area contributed by atoms with Crippen molar-refractivity contribution in [2.24, 2.45) is 0 Å². The average Bonchev–Trinajstić information content (AvgIpc) is 3.17. The minimum absolute atomic E-state index is 0.156. The van der Waals surface area contributed by atoms with E-state index in [1.807, 2.05) is 11.4 Å². The Hall–Kier alpha value is -2.18. The molecule has 0 aliphatic rings. The van der Waals surface area contributed by atoms with Gasteiger partial charge in [0.1, 0.15) is 0 Å². The molecule has 3 aromatic rings. The monoisotopic (exact) mass is 319 g/mol. The lowest BCUT2D eigenvalue weighted by molar-refractivity contribution is 0.0950. The highest BCUT2D eigenvalue weighted by Gasteiger charge is 2.11. The van der Waals surface area contributed by atoms with Gasteiger partial charge in [0, 0.05) is 10.6 Å². The third-order valence-corrected chi connectivity index (χ3v) is 3.84. The van der Waals surface area contributed by atoms with Crippen LogP contribution in [0.5, 0.6) is 0 Å². The Morgan fingerprint density at radius 3 is 2.81 bits per heavy atom. The van der Waals surface area contributed by atoms with E-state index in [-0.39, 0.29) is 12.5 Å². The Kier molecular flexibility index (Phi) is 3.98. The molecule has 0 saturated carbocycles. The summed E-state index contributed by atoms with van der Waals surface area (Å²) in [6.07, 6.45) is 0. The Labute approximate surface area is 129 Å². The van der Waals surface area contributed by atoms with Crippen molar-refractivity contribution in [3.05, 3.63) is 57.6 Å². The number of hydrogen-bond acceptors (Lipinski definition) is 5. The molecular formula is C14H10ClN3O2S.